The van der Waals surface area contributed by atoms with Crippen LogP contribution in [-0.4, -0.2) is 32.1 Å². The van der Waals surface area contributed by atoms with E-state index in [1.165, 1.54) is 18.4 Å². The van der Waals surface area contributed by atoms with E-state index in [1.807, 2.05) is 12.1 Å². The number of ether oxygens (including phenoxy) is 1. The van der Waals surface area contributed by atoms with Crippen molar-refractivity contribution in [2.24, 2.45) is 0 Å². The lowest BCUT2D eigenvalue weighted by Gasteiger charge is -2.18. The maximum Gasteiger partial charge on any atom is 0.307 e. The van der Waals surface area contributed by atoms with Gasteiger partial charge in [0.25, 0.3) is 0 Å². The van der Waals surface area contributed by atoms with Gasteiger partial charge in [-0.15, -0.1) is 0 Å². The Bertz CT molecular complexity index is 500. The van der Waals surface area contributed by atoms with E-state index < -0.39 is 0 Å². The Morgan fingerprint density at radius 1 is 1.40 bits per heavy atom. The Balaban J connectivity index is 1.83. The van der Waals surface area contributed by atoms with Gasteiger partial charge in [-0.25, -0.2) is 0 Å². The van der Waals surface area contributed by atoms with E-state index in [0.717, 1.165) is 24.9 Å². The number of benzene rings is 1. The van der Waals surface area contributed by atoms with Crippen molar-refractivity contribution in [1.29, 1.82) is 0 Å². The summed E-state index contributed by atoms with van der Waals surface area (Å²) < 4.78 is 4.52. The summed E-state index contributed by atoms with van der Waals surface area (Å²) in [4.78, 5) is 22.7. The maximum absolute atomic E-state index is 11.8. The first kappa shape index (κ1) is 14.4. The Hall–Kier alpha value is -2.04. The van der Waals surface area contributed by atoms with Crippen molar-refractivity contribution in [2.75, 3.05) is 25.5 Å². The highest BCUT2D eigenvalue weighted by atomic mass is 16.5. The van der Waals surface area contributed by atoms with E-state index in [0.29, 0.717) is 13.0 Å². The molecule has 1 aliphatic rings. The monoisotopic (exact) mass is 276 g/mol. The Kier molecular flexibility index (Phi) is 4.98. The number of esters is 1. The van der Waals surface area contributed by atoms with E-state index >= 15 is 0 Å². The molecule has 20 heavy (non-hydrogen) atoms. The first-order chi connectivity index (χ1) is 9.69. The zero-order valence-electron chi connectivity index (χ0n) is 11.7. The zero-order valence-corrected chi connectivity index (χ0v) is 11.7. The van der Waals surface area contributed by atoms with Crippen molar-refractivity contribution < 1.29 is 14.3 Å². The summed E-state index contributed by atoms with van der Waals surface area (Å²) in [6.45, 7) is 1.33. The molecule has 0 saturated carbocycles. The van der Waals surface area contributed by atoms with Crippen LogP contribution >= 0.6 is 0 Å². The van der Waals surface area contributed by atoms with Gasteiger partial charge in [-0.05, 0) is 30.0 Å². The van der Waals surface area contributed by atoms with Gasteiger partial charge in [0.05, 0.1) is 20.0 Å². The number of amides is 1. The van der Waals surface area contributed by atoms with Gasteiger partial charge in [0.15, 0.2) is 0 Å². The average Bonchev–Trinajstić information content (AvgIpc) is 2.47. The molecular weight excluding hydrogens is 256 g/mol. The third kappa shape index (κ3) is 3.98. The number of carbonyl (C=O) groups excluding carboxylic acids is 2. The number of carbonyl (C=O) groups is 2. The van der Waals surface area contributed by atoms with Crippen molar-refractivity contribution in [1.82, 2.24) is 5.32 Å². The molecule has 0 aromatic heterocycles. The summed E-state index contributed by atoms with van der Waals surface area (Å²) in [5, 5.41) is 6.07. The molecule has 1 amide bonds. The van der Waals surface area contributed by atoms with Crippen LogP contribution in [0.3, 0.4) is 0 Å². The van der Waals surface area contributed by atoms with E-state index in [2.05, 4.69) is 21.4 Å². The number of methoxy groups -OCH3 is 1. The lowest BCUT2D eigenvalue weighted by atomic mass is 9.99. The first-order valence-electron chi connectivity index (χ1n) is 6.88. The van der Waals surface area contributed by atoms with Crippen molar-refractivity contribution >= 4 is 17.6 Å². The van der Waals surface area contributed by atoms with Gasteiger partial charge in [0.2, 0.25) is 5.91 Å². The second-order valence-electron chi connectivity index (χ2n) is 4.87. The standard InChI is InChI=1S/C15H20N2O3/c1-20-15(19)6-8-17-14(18)10-11-4-5-13-12(9-11)3-2-7-16-13/h4-5,9,16H,2-3,6-8,10H2,1H3,(H,17,18). The third-order valence-electron chi connectivity index (χ3n) is 3.35. The quantitative estimate of drug-likeness (QED) is 0.795. The Labute approximate surface area is 118 Å². The fraction of sp³-hybridized carbons (Fsp3) is 0.467. The number of hydrogen-bond acceptors (Lipinski definition) is 4. The summed E-state index contributed by atoms with van der Waals surface area (Å²) in [6, 6.07) is 6.09. The van der Waals surface area contributed by atoms with Crippen LogP contribution in [0.25, 0.3) is 0 Å². The molecule has 0 saturated heterocycles. The fourth-order valence-electron chi connectivity index (χ4n) is 2.29. The Morgan fingerprint density at radius 2 is 2.25 bits per heavy atom. The lowest BCUT2D eigenvalue weighted by molar-refractivity contribution is -0.140. The minimum atomic E-state index is -0.315. The summed E-state index contributed by atoms with van der Waals surface area (Å²) in [5.41, 5.74) is 3.45. The van der Waals surface area contributed by atoms with Gasteiger partial charge in [-0.2, -0.15) is 0 Å². The number of nitrogens with one attached hydrogen (secondary N) is 2. The van der Waals surface area contributed by atoms with Crippen molar-refractivity contribution in [2.45, 2.75) is 25.7 Å². The maximum atomic E-state index is 11.8. The van der Waals surface area contributed by atoms with Crippen LogP contribution in [-0.2, 0) is 27.2 Å². The number of rotatable bonds is 5. The predicted octanol–water partition coefficient (Wildman–Crippen LogP) is 1.27. The minimum absolute atomic E-state index is 0.0716. The molecule has 1 aliphatic heterocycles. The summed E-state index contributed by atoms with van der Waals surface area (Å²) in [5.74, 6) is -0.386. The normalized spacial score (nSPS) is 13.1. The highest BCUT2D eigenvalue weighted by Gasteiger charge is 2.10. The average molecular weight is 276 g/mol. The number of hydrogen-bond donors (Lipinski definition) is 2. The van der Waals surface area contributed by atoms with Crippen LogP contribution in [0.1, 0.15) is 24.0 Å². The smallest absolute Gasteiger partial charge is 0.307 e. The lowest BCUT2D eigenvalue weighted by Crippen LogP contribution is -2.27. The molecule has 2 N–H and O–H groups in total. The molecule has 0 unspecified atom stereocenters. The van der Waals surface area contributed by atoms with Crippen LogP contribution in [0, 0.1) is 0 Å². The third-order valence-corrected chi connectivity index (χ3v) is 3.35. The molecule has 0 spiro atoms. The Morgan fingerprint density at radius 3 is 3.05 bits per heavy atom. The molecule has 0 bridgehead atoms. The van der Waals surface area contributed by atoms with E-state index in [-0.39, 0.29) is 18.3 Å². The number of fused-ring (bicyclic) bond motifs is 1. The van der Waals surface area contributed by atoms with Gasteiger partial charge in [0.1, 0.15) is 0 Å². The van der Waals surface area contributed by atoms with Gasteiger partial charge in [0, 0.05) is 18.8 Å². The molecule has 5 nitrogen and oxygen atoms in total. The molecule has 1 aromatic rings. The summed E-state index contributed by atoms with van der Waals surface area (Å²) >= 11 is 0. The van der Waals surface area contributed by atoms with E-state index in [4.69, 9.17) is 0 Å². The molecule has 0 atom stereocenters. The summed E-state index contributed by atoms with van der Waals surface area (Å²) in [7, 11) is 1.34. The van der Waals surface area contributed by atoms with Crippen LogP contribution < -0.4 is 10.6 Å². The molecule has 0 fully saturated rings. The first-order valence-corrected chi connectivity index (χ1v) is 6.88. The largest absolute Gasteiger partial charge is 0.469 e. The van der Waals surface area contributed by atoms with Gasteiger partial charge in [-0.3, -0.25) is 9.59 Å². The van der Waals surface area contributed by atoms with E-state index in [1.54, 1.807) is 0 Å². The topological polar surface area (TPSA) is 67.4 Å². The highest BCUT2D eigenvalue weighted by Crippen LogP contribution is 2.23. The van der Waals surface area contributed by atoms with Crippen molar-refractivity contribution in [3.05, 3.63) is 29.3 Å². The minimum Gasteiger partial charge on any atom is -0.469 e. The molecule has 2 rings (SSSR count). The SMILES string of the molecule is COC(=O)CCNC(=O)Cc1ccc2c(c1)CCCN2. The molecule has 0 aliphatic carbocycles. The predicted molar refractivity (Wildman–Crippen MR) is 76.6 cm³/mol. The highest BCUT2D eigenvalue weighted by molar-refractivity contribution is 5.79. The second-order valence-corrected chi connectivity index (χ2v) is 4.87. The van der Waals surface area contributed by atoms with Gasteiger partial charge in [-0.1, -0.05) is 12.1 Å². The molecule has 1 aromatic carbocycles. The van der Waals surface area contributed by atoms with Crippen molar-refractivity contribution in [3.63, 3.8) is 0 Å². The van der Waals surface area contributed by atoms with Crippen LogP contribution in [0.4, 0.5) is 5.69 Å². The molecular formula is C15H20N2O3. The molecule has 1 heterocycles. The molecule has 5 heteroatoms. The van der Waals surface area contributed by atoms with Gasteiger partial charge < -0.3 is 15.4 Å². The fourth-order valence-corrected chi connectivity index (χ4v) is 2.29. The number of aryl methyl sites for hydroxylation is 1. The summed E-state index contributed by atoms with van der Waals surface area (Å²) in [6.07, 6.45) is 2.73. The van der Waals surface area contributed by atoms with Crippen LogP contribution in [0.2, 0.25) is 0 Å². The van der Waals surface area contributed by atoms with Crippen LogP contribution in [0.5, 0.6) is 0 Å². The van der Waals surface area contributed by atoms with Crippen molar-refractivity contribution in [3.8, 4) is 0 Å². The zero-order chi connectivity index (χ0) is 14.4. The second kappa shape index (κ2) is 6.93. The molecule has 108 valence electrons. The van der Waals surface area contributed by atoms with Crippen LogP contribution in [0.15, 0.2) is 18.2 Å². The molecule has 0 radical (unpaired) electrons. The van der Waals surface area contributed by atoms with E-state index in [9.17, 15) is 9.59 Å². The van der Waals surface area contributed by atoms with Gasteiger partial charge >= 0.3 is 5.97 Å². The number of anilines is 1.